The van der Waals surface area contributed by atoms with Crippen LogP contribution in [0.5, 0.6) is 5.75 Å². The zero-order chi connectivity index (χ0) is 10.4. The zero-order valence-electron chi connectivity index (χ0n) is 8.02. The van der Waals surface area contributed by atoms with Crippen molar-refractivity contribution in [3.05, 3.63) is 29.8 Å². The molecule has 1 aromatic rings. The fraction of sp³-hybridized carbons (Fsp3) is 0.400. The molecular formula is C10H13F2NO. The van der Waals surface area contributed by atoms with Crippen LogP contribution in [0.3, 0.4) is 0 Å². The smallest absolute Gasteiger partial charge is 0.190 e. The summed E-state index contributed by atoms with van der Waals surface area (Å²) in [7, 11) is 1.81. The van der Waals surface area contributed by atoms with E-state index in [9.17, 15) is 8.78 Å². The minimum absolute atomic E-state index is 0.288. The normalized spacial score (nSPS) is 10.2. The summed E-state index contributed by atoms with van der Waals surface area (Å²) in [4.78, 5) is 0. The van der Waals surface area contributed by atoms with Crippen molar-refractivity contribution >= 4 is 0 Å². The van der Waals surface area contributed by atoms with E-state index >= 15 is 0 Å². The molecular weight excluding hydrogens is 188 g/mol. The molecule has 0 fully saturated rings. The first-order chi connectivity index (χ1) is 6.75. The van der Waals surface area contributed by atoms with E-state index in [1.165, 1.54) is 18.2 Å². The van der Waals surface area contributed by atoms with Crippen LogP contribution in [-0.4, -0.2) is 20.2 Å². The standard InChI is InChI=1S/C10H13F2NO/c1-13-6-3-7-14-10-8(11)4-2-5-9(10)12/h2,4-5,13H,3,6-7H2,1H3. The van der Waals surface area contributed by atoms with Crippen LogP contribution in [0.2, 0.25) is 0 Å². The van der Waals surface area contributed by atoms with Crippen LogP contribution in [0.1, 0.15) is 6.42 Å². The maximum Gasteiger partial charge on any atom is 0.190 e. The van der Waals surface area contributed by atoms with Gasteiger partial charge in [0, 0.05) is 0 Å². The average molecular weight is 201 g/mol. The molecule has 0 unspecified atom stereocenters. The highest BCUT2D eigenvalue weighted by Crippen LogP contribution is 2.20. The second-order valence-corrected chi connectivity index (χ2v) is 2.86. The van der Waals surface area contributed by atoms with Crippen molar-refractivity contribution < 1.29 is 13.5 Å². The Bertz CT molecular complexity index is 271. The Morgan fingerprint density at radius 3 is 2.50 bits per heavy atom. The molecule has 0 saturated carbocycles. The van der Waals surface area contributed by atoms with E-state index in [4.69, 9.17) is 4.74 Å². The van der Waals surface area contributed by atoms with Crippen molar-refractivity contribution in [2.45, 2.75) is 6.42 Å². The quantitative estimate of drug-likeness (QED) is 0.735. The van der Waals surface area contributed by atoms with Crippen molar-refractivity contribution in [1.82, 2.24) is 5.32 Å². The average Bonchev–Trinajstić information content (AvgIpc) is 2.16. The predicted octanol–water partition coefficient (Wildman–Crippen LogP) is 1.95. The third-order valence-electron chi connectivity index (χ3n) is 1.74. The molecule has 14 heavy (non-hydrogen) atoms. The molecule has 2 nitrogen and oxygen atoms in total. The summed E-state index contributed by atoms with van der Waals surface area (Å²) in [5.74, 6) is -1.60. The lowest BCUT2D eigenvalue weighted by Gasteiger charge is -2.07. The molecule has 0 atom stereocenters. The highest BCUT2D eigenvalue weighted by Gasteiger charge is 2.08. The van der Waals surface area contributed by atoms with E-state index in [2.05, 4.69) is 5.32 Å². The Kier molecular flexibility index (Phi) is 4.32. The van der Waals surface area contributed by atoms with Gasteiger partial charge in [-0.1, -0.05) is 6.07 Å². The van der Waals surface area contributed by atoms with Crippen LogP contribution < -0.4 is 10.1 Å². The number of hydrogen-bond acceptors (Lipinski definition) is 2. The number of rotatable bonds is 5. The maximum absolute atomic E-state index is 13.0. The van der Waals surface area contributed by atoms with Gasteiger partial charge in [0.1, 0.15) is 0 Å². The molecule has 78 valence electrons. The predicted molar refractivity (Wildman–Crippen MR) is 50.4 cm³/mol. The molecule has 0 aliphatic carbocycles. The Morgan fingerprint density at radius 1 is 1.29 bits per heavy atom. The van der Waals surface area contributed by atoms with Crippen molar-refractivity contribution in [2.24, 2.45) is 0 Å². The maximum atomic E-state index is 13.0. The molecule has 0 spiro atoms. The minimum atomic E-state index is -0.658. The molecule has 1 aromatic carbocycles. The molecule has 0 heterocycles. The number of para-hydroxylation sites is 1. The van der Waals surface area contributed by atoms with Crippen LogP contribution in [0, 0.1) is 11.6 Å². The number of halogens is 2. The molecule has 4 heteroatoms. The highest BCUT2D eigenvalue weighted by atomic mass is 19.1. The van der Waals surface area contributed by atoms with Crippen molar-refractivity contribution in [3.8, 4) is 5.75 Å². The lowest BCUT2D eigenvalue weighted by atomic mass is 10.3. The number of benzene rings is 1. The second-order valence-electron chi connectivity index (χ2n) is 2.86. The first-order valence-corrected chi connectivity index (χ1v) is 4.47. The molecule has 0 aromatic heterocycles. The summed E-state index contributed by atoms with van der Waals surface area (Å²) in [5.41, 5.74) is 0. The lowest BCUT2D eigenvalue weighted by Crippen LogP contribution is -2.12. The summed E-state index contributed by atoms with van der Waals surface area (Å²) in [5, 5.41) is 2.92. The molecule has 0 amide bonds. The SMILES string of the molecule is CNCCCOc1c(F)cccc1F. The lowest BCUT2D eigenvalue weighted by molar-refractivity contribution is 0.279. The van der Waals surface area contributed by atoms with E-state index in [1.54, 1.807) is 0 Å². The summed E-state index contributed by atoms with van der Waals surface area (Å²) in [6.07, 6.45) is 0.713. The van der Waals surface area contributed by atoms with E-state index in [0.717, 1.165) is 6.54 Å². The topological polar surface area (TPSA) is 21.3 Å². The van der Waals surface area contributed by atoms with Crippen LogP contribution >= 0.6 is 0 Å². The van der Waals surface area contributed by atoms with Crippen LogP contribution in [0.25, 0.3) is 0 Å². The molecule has 0 aliphatic heterocycles. The van der Waals surface area contributed by atoms with Gasteiger partial charge in [-0.3, -0.25) is 0 Å². The number of nitrogens with one attached hydrogen (secondary N) is 1. The summed E-state index contributed by atoms with van der Waals surface area (Å²) in [6, 6.07) is 3.66. The van der Waals surface area contributed by atoms with E-state index < -0.39 is 11.6 Å². The third-order valence-corrected chi connectivity index (χ3v) is 1.74. The second kappa shape index (κ2) is 5.54. The summed E-state index contributed by atoms with van der Waals surface area (Å²) in [6.45, 7) is 1.06. The highest BCUT2D eigenvalue weighted by molar-refractivity contribution is 5.25. The Balaban J connectivity index is 2.49. The zero-order valence-corrected chi connectivity index (χ0v) is 8.02. The largest absolute Gasteiger partial charge is 0.488 e. The molecule has 1 rings (SSSR count). The van der Waals surface area contributed by atoms with Gasteiger partial charge in [0.25, 0.3) is 0 Å². The van der Waals surface area contributed by atoms with E-state index in [0.29, 0.717) is 13.0 Å². The van der Waals surface area contributed by atoms with Gasteiger partial charge in [-0.15, -0.1) is 0 Å². The van der Waals surface area contributed by atoms with Crippen molar-refractivity contribution in [2.75, 3.05) is 20.2 Å². The van der Waals surface area contributed by atoms with Crippen LogP contribution in [0.4, 0.5) is 8.78 Å². The fourth-order valence-corrected chi connectivity index (χ4v) is 1.04. The van der Waals surface area contributed by atoms with Gasteiger partial charge in [0.2, 0.25) is 0 Å². The first kappa shape index (κ1) is 10.9. The molecule has 0 bridgehead atoms. The Hall–Kier alpha value is -1.16. The Labute approximate surface area is 81.9 Å². The van der Waals surface area contributed by atoms with E-state index in [-0.39, 0.29) is 5.75 Å². The van der Waals surface area contributed by atoms with Gasteiger partial charge in [0.15, 0.2) is 17.4 Å². The van der Waals surface area contributed by atoms with Gasteiger partial charge in [-0.25, -0.2) is 8.78 Å². The van der Waals surface area contributed by atoms with Crippen LogP contribution in [-0.2, 0) is 0 Å². The van der Waals surface area contributed by atoms with Gasteiger partial charge in [-0.05, 0) is 32.1 Å². The molecule has 0 saturated heterocycles. The number of ether oxygens (including phenoxy) is 1. The number of hydrogen-bond donors (Lipinski definition) is 1. The van der Waals surface area contributed by atoms with Crippen LogP contribution in [0.15, 0.2) is 18.2 Å². The molecule has 0 radical (unpaired) electrons. The first-order valence-electron chi connectivity index (χ1n) is 4.47. The monoisotopic (exact) mass is 201 g/mol. The van der Waals surface area contributed by atoms with Gasteiger partial charge in [-0.2, -0.15) is 0 Å². The third kappa shape index (κ3) is 2.96. The van der Waals surface area contributed by atoms with Crippen molar-refractivity contribution in [3.63, 3.8) is 0 Å². The Morgan fingerprint density at radius 2 is 1.93 bits per heavy atom. The van der Waals surface area contributed by atoms with Gasteiger partial charge < -0.3 is 10.1 Å². The van der Waals surface area contributed by atoms with Crippen molar-refractivity contribution in [1.29, 1.82) is 0 Å². The van der Waals surface area contributed by atoms with Gasteiger partial charge >= 0.3 is 0 Å². The van der Waals surface area contributed by atoms with Gasteiger partial charge in [0.05, 0.1) is 6.61 Å². The molecule has 0 aliphatic rings. The summed E-state index contributed by atoms with van der Waals surface area (Å²) >= 11 is 0. The molecule has 1 N–H and O–H groups in total. The van der Waals surface area contributed by atoms with E-state index in [1.807, 2.05) is 7.05 Å². The fourth-order valence-electron chi connectivity index (χ4n) is 1.04. The summed E-state index contributed by atoms with van der Waals surface area (Å²) < 4.78 is 30.9. The minimum Gasteiger partial charge on any atom is -0.488 e.